The maximum atomic E-state index is 12.6. The van der Waals surface area contributed by atoms with Gasteiger partial charge < -0.3 is 9.73 Å². The average Bonchev–Trinajstić information content (AvgIpc) is 3.13. The van der Waals surface area contributed by atoms with Crippen LogP contribution in [0.15, 0.2) is 46.7 Å². The van der Waals surface area contributed by atoms with Gasteiger partial charge in [0.2, 0.25) is 0 Å². The third-order valence-corrected chi connectivity index (χ3v) is 4.34. The molecule has 0 fully saturated rings. The number of hydrogen-bond donors (Lipinski definition) is 1. The SMILES string of the molecule is C=CCNC(=O)/C(C#N)=c1\s/c(=C\c2ccc(C)o2)c(=O)n1CC=C. The lowest BCUT2D eigenvalue weighted by atomic mass is 10.3. The molecule has 0 saturated carbocycles. The fourth-order valence-corrected chi connectivity index (χ4v) is 3.20. The monoisotopic (exact) mass is 355 g/mol. The molecular formula is C18H17N3O3S. The molecule has 0 bridgehead atoms. The second-order valence-electron chi connectivity index (χ2n) is 5.05. The summed E-state index contributed by atoms with van der Waals surface area (Å²) >= 11 is 1.07. The fourth-order valence-electron chi connectivity index (χ4n) is 2.11. The lowest BCUT2D eigenvalue weighted by molar-refractivity contribution is -0.115. The van der Waals surface area contributed by atoms with E-state index in [0.29, 0.717) is 10.3 Å². The van der Waals surface area contributed by atoms with Gasteiger partial charge in [0, 0.05) is 19.2 Å². The number of allylic oxidation sites excluding steroid dienone is 1. The molecule has 1 N–H and O–H groups in total. The Labute approximate surface area is 148 Å². The van der Waals surface area contributed by atoms with Crippen LogP contribution >= 0.6 is 11.3 Å². The zero-order valence-electron chi connectivity index (χ0n) is 13.7. The van der Waals surface area contributed by atoms with Crippen LogP contribution in [0.25, 0.3) is 11.6 Å². The number of nitrogens with one attached hydrogen (secondary N) is 1. The molecule has 0 atom stereocenters. The minimum Gasteiger partial charge on any atom is -0.462 e. The largest absolute Gasteiger partial charge is 0.462 e. The molecule has 2 aromatic heterocycles. The summed E-state index contributed by atoms with van der Waals surface area (Å²) < 4.78 is 7.46. The Morgan fingerprint density at radius 3 is 2.76 bits per heavy atom. The molecule has 0 aromatic carbocycles. The number of carbonyl (C=O) groups is 1. The summed E-state index contributed by atoms with van der Waals surface area (Å²) in [6, 6.07) is 5.42. The highest BCUT2D eigenvalue weighted by Crippen LogP contribution is 2.06. The highest BCUT2D eigenvalue weighted by molar-refractivity contribution is 7.07. The molecule has 0 spiro atoms. The zero-order chi connectivity index (χ0) is 18.4. The van der Waals surface area contributed by atoms with Gasteiger partial charge in [0.1, 0.15) is 22.3 Å². The van der Waals surface area contributed by atoms with Gasteiger partial charge in [0.05, 0.1) is 4.53 Å². The van der Waals surface area contributed by atoms with Gasteiger partial charge in [0.25, 0.3) is 11.5 Å². The number of aryl methyl sites for hydroxylation is 1. The number of carbonyl (C=O) groups excluding carboxylic acids is 1. The molecule has 2 heterocycles. The quantitative estimate of drug-likeness (QED) is 0.777. The van der Waals surface area contributed by atoms with E-state index in [0.717, 1.165) is 17.1 Å². The number of hydrogen-bond acceptors (Lipinski definition) is 5. The summed E-state index contributed by atoms with van der Waals surface area (Å²) in [4.78, 5) is 24.8. The van der Waals surface area contributed by atoms with E-state index in [-0.39, 0.29) is 28.9 Å². The molecule has 2 rings (SSSR count). The maximum Gasteiger partial charge on any atom is 0.269 e. The van der Waals surface area contributed by atoms with E-state index in [1.165, 1.54) is 16.7 Å². The summed E-state index contributed by atoms with van der Waals surface area (Å²) in [7, 11) is 0. The Bertz CT molecular complexity index is 1030. The van der Waals surface area contributed by atoms with Crippen LogP contribution in [-0.4, -0.2) is 17.0 Å². The minimum atomic E-state index is -0.554. The third-order valence-electron chi connectivity index (χ3n) is 3.21. The zero-order valence-corrected chi connectivity index (χ0v) is 14.6. The lowest BCUT2D eigenvalue weighted by Crippen LogP contribution is -2.34. The standard InChI is InChI=1S/C18H17N3O3S/c1-4-8-20-16(22)14(11-19)18-21(9-5-2)17(23)15(25-18)10-13-7-6-12(3)24-13/h4-7,10H,1-2,8-9H2,3H3,(H,20,22)/b15-10-,18-14-. The molecule has 128 valence electrons. The van der Waals surface area contributed by atoms with Crippen molar-refractivity contribution < 1.29 is 9.21 Å². The number of furan rings is 1. The number of nitriles is 1. The van der Waals surface area contributed by atoms with Gasteiger partial charge in [-0.25, -0.2) is 0 Å². The van der Waals surface area contributed by atoms with E-state index >= 15 is 0 Å². The average molecular weight is 355 g/mol. The molecule has 0 aliphatic rings. The van der Waals surface area contributed by atoms with Crippen LogP contribution in [0.4, 0.5) is 0 Å². The van der Waals surface area contributed by atoms with Crippen LogP contribution in [0.2, 0.25) is 0 Å². The van der Waals surface area contributed by atoms with Crippen molar-refractivity contribution >= 4 is 28.9 Å². The summed E-state index contributed by atoms with van der Waals surface area (Å²) in [5.74, 6) is 0.701. The van der Waals surface area contributed by atoms with Crippen molar-refractivity contribution in [2.24, 2.45) is 0 Å². The second-order valence-corrected chi connectivity index (χ2v) is 6.08. The van der Waals surface area contributed by atoms with Gasteiger partial charge in [-0.1, -0.05) is 12.2 Å². The number of aromatic nitrogens is 1. The molecule has 6 nitrogen and oxygen atoms in total. The number of nitrogens with zero attached hydrogens (tertiary/aromatic N) is 2. The van der Waals surface area contributed by atoms with Crippen molar-refractivity contribution in [1.29, 1.82) is 5.26 Å². The Morgan fingerprint density at radius 2 is 2.20 bits per heavy atom. The van der Waals surface area contributed by atoms with Gasteiger partial charge >= 0.3 is 0 Å². The maximum absolute atomic E-state index is 12.6. The molecule has 0 aliphatic carbocycles. The number of thiazole rings is 1. The van der Waals surface area contributed by atoms with Crippen molar-refractivity contribution in [2.75, 3.05) is 6.54 Å². The van der Waals surface area contributed by atoms with Crippen LogP contribution in [0.3, 0.4) is 0 Å². The molecule has 7 heteroatoms. The molecule has 0 unspecified atom stereocenters. The highest BCUT2D eigenvalue weighted by atomic mass is 32.1. The lowest BCUT2D eigenvalue weighted by Gasteiger charge is -2.01. The third kappa shape index (κ3) is 4.05. The van der Waals surface area contributed by atoms with Crippen molar-refractivity contribution in [3.8, 4) is 6.07 Å². The van der Waals surface area contributed by atoms with Gasteiger partial charge in [-0.3, -0.25) is 14.2 Å². The molecule has 25 heavy (non-hydrogen) atoms. The number of rotatable bonds is 6. The molecule has 1 amide bonds. The first-order valence-corrected chi connectivity index (χ1v) is 8.25. The first-order valence-electron chi connectivity index (χ1n) is 7.44. The molecule has 2 aromatic rings. The van der Waals surface area contributed by atoms with Crippen molar-refractivity contribution in [1.82, 2.24) is 9.88 Å². The number of amides is 1. The Morgan fingerprint density at radius 1 is 1.44 bits per heavy atom. The predicted octanol–water partition coefficient (Wildman–Crippen LogP) is 0.802. The van der Waals surface area contributed by atoms with Crippen molar-refractivity contribution in [3.63, 3.8) is 0 Å². The van der Waals surface area contributed by atoms with Crippen LogP contribution in [-0.2, 0) is 11.3 Å². The van der Waals surface area contributed by atoms with Crippen molar-refractivity contribution in [3.05, 3.63) is 68.5 Å². The molecule has 0 aliphatic heterocycles. The Balaban J connectivity index is 2.73. The normalized spacial score (nSPS) is 12.4. The smallest absolute Gasteiger partial charge is 0.269 e. The summed E-state index contributed by atoms with van der Waals surface area (Å²) in [5.41, 5.74) is -0.431. The van der Waals surface area contributed by atoms with E-state index in [1.807, 2.05) is 6.07 Å². The van der Waals surface area contributed by atoms with Gasteiger partial charge in [-0.05, 0) is 19.1 Å². The van der Waals surface area contributed by atoms with Gasteiger partial charge in [-0.15, -0.1) is 24.5 Å². The highest BCUT2D eigenvalue weighted by Gasteiger charge is 2.15. The van der Waals surface area contributed by atoms with E-state index in [4.69, 9.17) is 4.42 Å². The van der Waals surface area contributed by atoms with Crippen LogP contribution in [0, 0.1) is 18.3 Å². The van der Waals surface area contributed by atoms with Crippen LogP contribution in [0.5, 0.6) is 0 Å². The first-order chi connectivity index (χ1) is 12.0. The van der Waals surface area contributed by atoms with Gasteiger partial charge in [-0.2, -0.15) is 5.26 Å². The second kappa shape index (κ2) is 8.13. The molecular weight excluding hydrogens is 338 g/mol. The van der Waals surface area contributed by atoms with Gasteiger partial charge in [0.15, 0.2) is 5.57 Å². The van der Waals surface area contributed by atoms with E-state index in [9.17, 15) is 14.9 Å². The topological polar surface area (TPSA) is 88.0 Å². The molecule has 0 radical (unpaired) electrons. The van der Waals surface area contributed by atoms with Crippen LogP contribution < -0.4 is 20.1 Å². The summed E-state index contributed by atoms with van der Waals surface area (Å²) in [6.45, 7) is 9.36. The fraction of sp³-hybridized carbons (Fsp3) is 0.167. The Kier molecular flexibility index (Phi) is 5.93. The van der Waals surface area contributed by atoms with E-state index in [1.54, 1.807) is 25.1 Å². The van der Waals surface area contributed by atoms with E-state index < -0.39 is 5.91 Å². The Hall–Kier alpha value is -3.11. The van der Waals surface area contributed by atoms with Crippen molar-refractivity contribution in [2.45, 2.75) is 13.5 Å². The summed E-state index contributed by atoms with van der Waals surface area (Å²) in [6.07, 6.45) is 4.64. The molecule has 0 saturated heterocycles. The predicted molar refractivity (Wildman–Crippen MR) is 97.3 cm³/mol. The van der Waals surface area contributed by atoms with Crippen LogP contribution in [0.1, 0.15) is 11.5 Å². The summed E-state index contributed by atoms with van der Waals surface area (Å²) in [5, 5.41) is 12.0. The first kappa shape index (κ1) is 18.2. The minimum absolute atomic E-state index is 0.124. The van der Waals surface area contributed by atoms with E-state index in [2.05, 4.69) is 18.5 Å².